The Morgan fingerprint density at radius 3 is 2.50 bits per heavy atom. The first-order chi connectivity index (χ1) is 10.6. The van der Waals surface area contributed by atoms with Gasteiger partial charge in [-0.15, -0.1) is 0 Å². The summed E-state index contributed by atoms with van der Waals surface area (Å²) >= 11 is 0. The molecule has 0 fully saturated rings. The van der Waals surface area contributed by atoms with Crippen LogP contribution < -0.4 is 9.47 Å². The predicted molar refractivity (Wildman–Crippen MR) is 80.3 cm³/mol. The third-order valence-corrected chi connectivity index (χ3v) is 5.18. The quantitative estimate of drug-likeness (QED) is 0.857. The molecule has 0 N–H and O–H groups in total. The maximum Gasteiger partial charge on any atom is 0.243 e. The Hall–Kier alpha value is -2.12. The Bertz CT molecular complexity index is 762. The van der Waals surface area contributed by atoms with Crippen molar-refractivity contribution in [1.29, 1.82) is 0 Å². The highest BCUT2D eigenvalue weighted by Crippen LogP contribution is 2.33. The number of sulfonamides is 1. The van der Waals surface area contributed by atoms with Crippen molar-refractivity contribution in [3.05, 3.63) is 48.3 Å². The summed E-state index contributed by atoms with van der Waals surface area (Å²) in [4.78, 5) is 4.11. The molecule has 1 aliphatic heterocycles. The molecule has 22 heavy (non-hydrogen) atoms. The molecule has 1 aromatic heterocycles. The van der Waals surface area contributed by atoms with Crippen molar-refractivity contribution in [3.63, 3.8) is 0 Å². The summed E-state index contributed by atoms with van der Waals surface area (Å²) < 4.78 is 37.4. The van der Waals surface area contributed by atoms with Gasteiger partial charge in [0.15, 0.2) is 11.5 Å². The maximum atomic E-state index is 12.6. The van der Waals surface area contributed by atoms with E-state index in [1.807, 2.05) is 0 Å². The lowest BCUT2D eigenvalue weighted by Crippen LogP contribution is -2.26. The SMILES string of the molecule is CN(Cc1ccncc1)S(=O)(=O)c1ccc2c(c1)OCCO2. The lowest BCUT2D eigenvalue weighted by atomic mass is 10.3. The number of ether oxygens (including phenoxy) is 2. The molecule has 0 amide bonds. The van der Waals surface area contributed by atoms with Crippen LogP contribution in [0, 0.1) is 0 Å². The first-order valence-electron chi connectivity index (χ1n) is 6.82. The number of nitrogens with zero attached hydrogens (tertiary/aromatic N) is 2. The van der Waals surface area contributed by atoms with Gasteiger partial charge in [-0.25, -0.2) is 8.42 Å². The van der Waals surface area contributed by atoms with Gasteiger partial charge in [0.25, 0.3) is 0 Å². The summed E-state index contributed by atoms with van der Waals surface area (Å²) in [6, 6.07) is 8.24. The van der Waals surface area contributed by atoms with Crippen molar-refractivity contribution >= 4 is 10.0 Å². The van der Waals surface area contributed by atoms with Gasteiger partial charge < -0.3 is 9.47 Å². The van der Waals surface area contributed by atoms with Gasteiger partial charge in [-0.3, -0.25) is 4.98 Å². The number of fused-ring (bicyclic) bond motifs is 1. The van der Waals surface area contributed by atoms with E-state index in [1.54, 1.807) is 37.6 Å². The Morgan fingerprint density at radius 1 is 1.09 bits per heavy atom. The normalized spacial score (nSPS) is 14.1. The summed E-state index contributed by atoms with van der Waals surface area (Å²) in [6.45, 7) is 1.17. The average molecular weight is 320 g/mol. The standard InChI is InChI=1S/C15H16N2O4S/c1-17(11-12-4-6-16-7-5-12)22(18,19)13-2-3-14-15(10-13)21-9-8-20-14/h2-7,10H,8-9,11H2,1H3. The zero-order chi connectivity index (χ0) is 15.6. The molecule has 0 unspecified atom stereocenters. The smallest absolute Gasteiger partial charge is 0.243 e. The van der Waals surface area contributed by atoms with Crippen LogP contribution in [0.4, 0.5) is 0 Å². The van der Waals surface area contributed by atoms with Crippen LogP contribution in [-0.2, 0) is 16.6 Å². The maximum absolute atomic E-state index is 12.6. The van der Waals surface area contributed by atoms with Crippen LogP contribution in [0.3, 0.4) is 0 Å². The van der Waals surface area contributed by atoms with Crippen LogP contribution in [0.25, 0.3) is 0 Å². The molecule has 3 rings (SSSR count). The van der Waals surface area contributed by atoms with Gasteiger partial charge in [0.1, 0.15) is 13.2 Å². The van der Waals surface area contributed by atoms with Gasteiger partial charge in [-0.1, -0.05) is 0 Å². The number of pyridine rings is 1. The summed E-state index contributed by atoms with van der Waals surface area (Å²) in [5.41, 5.74) is 0.874. The number of rotatable bonds is 4. The van der Waals surface area contributed by atoms with E-state index in [1.165, 1.54) is 16.4 Å². The van der Waals surface area contributed by atoms with Crippen LogP contribution in [0.1, 0.15) is 5.56 Å². The summed E-state index contributed by atoms with van der Waals surface area (Å²) in [6.07, 6.45) is 3.28. The van der Waals surface area contributed by atoms with Crippen molar-refractivity contribution < 1.29 is 17.9 Å². The van der Waals surface area contributed by atoms with Crippen LogP contribution in [0.15, 0.2) is 47.6 Å². The molecule has 0 aliphatic carbocycles. The molecule has 0 radical (unpaired) electrons. The van der Waals surface area contributed by atoms with Crippen molar-refractivity contribution in [2.75, 3.05) is 20.3 Å². The molecule has 6 nitrogen and oxygen atoms in total. The minimum absolute atomic E-state index is 0.188. The van der Waals surface area contributed by atoms with Gasteiger partial charge in [0, 0.05) is 32.1 Å². The molecule has 0 atom stereocenters. The minimum Gasteiger partial charge on any atom is -0.486 e. The molecule has 1 aliphatic rings. The molecule has 116 valence electrons. The first-order valence-corrected chi connectivity index (χ1v) is 8.26. The zero-order valence-corrected chi connectivity index (χ0v) is 12.9. The Kier molecular flexibility index (Phi) is 4.00. The van der Waals surface area contributed by atoms with Crippen LogP contribution >= 0.6 is 0 Å². The van der Waals surface area contributed by atoms with Crippen molar-refractivity contribution in [3.8, 4) is 11.5 Å². The lowest BCUT2D eigenvalue weighted by molar-refractivity contribution is 0.171. The number of hydrogen-bond acceptors (Lipinski definition) is 5. The largest absolute Gasteiger partial charge is 0.486 e. The third-order valence-electron chi connectivity index (χ3n) is 3.38. The fourth-order valence-electron chi connectivity index (χ4n) is 2.19. The van der Waals surface area contributed by atoms with E-state index in [-0.39, 0.29) is 11.4 Å². The second kappa shape index (κ2) is 5.94. The zero-order valence-electron chi connectivity index (χ0n) is 12.1. The highest BCUT2D eigenvalue weighted by molar-refractivity contribution is 7.89. The lowest BCUT2D eigenvalue weighted by Gasteiger charge is -2.21. The summed E-state index contributed by atoms with van der Waals surface area (Å²) in [5, 5.41) is 0. The van der Waals surface area contributed by atoms with E-state index in [0.29, 0.717) is 24.7 Å². The molecule has 0 spiro atoms. The molecule has 2 aromatic rings. The van der Waals surface area contributed by atoms with E-state index < -0.39 is 10.0 Å². The van der Waals surface area contributed by atoms with E-state index in [4.69, 9.17) is 9.47 Å². The van der Waals surface area contributed by atoms with Gasteiger partial charge in [0.05, 0.1) is 4.90 Å². The van der Waals surface area contributed by atoms with Gasteiger partial charge in [-0.05, 0) is 29.8 Å². The van der Waals surface area contributed by atoms with E-state index in [2.05, 4.69) is 4.98 Å². The molecule has 7 heteroatoms. The highest BCUT2D eigenvalue weighted by atomic mass is 32.2. The topological polar surface area (TPSA) is 68.7 Å². The van der Waals surface area contributed by atoms with Gasteiger partial charge in [-0.2, -0.15) is 4.31 Å². The second-order valence-corrected chi connectivity index (χ2v) is 6.97. The first kappa shape index (κ1) is 14.8. The fraction of sp³-hybridized carbons (Fsp3) is 0.267. The van der Waals surface area contributed by atoms with Gasteiger partial charge >= 0.3 is 0 Å². The molecular formula is C15H16N2O4S. The summed E-state index contributed by atoms with van der Waals surface area (Å²) in [7, 11) is -2.05. The van der Waals surface area contributed by atoms with Crippen LogP contribution in [-0.4, -0.2) is 38.0 Å². The van der Waals surface area contributed by atoms with E-state index in [0.717, 1.165) is 5.56 Å². The van der Waals surface area contributed by atoms with Crippen molar-refractivity contribution in [1.82, 2.24) is 9.29 Å². The molecule has 0 saturated carbocycles. The molecular weight excluding hydrogens is 304 g/mol. The monoisotopic (exact) mass is 320 g/mol. The molecule has 0 bridgehead atoms. The van der Waals surface area contributed by atoms with E-state index in [9.17, 15) is 8.42 Å². The molecule has 1 aromatic carbocycles. The average Bonchev–Trinajstić information content (AvgIpc) is 2.55. The number of benzene rings is 1. The Morgan fingerprint density at radius 2 is 1.77 bits per heavy atom. The van der Waals surface area contributed by atoms with Gasteiger partial charge in [0.2, 0.25) is 10.0 Å². The molecule has 2 heterocycles. The molecule has 0 saturated heterocycles. The Labute approximate surface area is 129 Å². The minimum atomic E-state index is -3.59. The van der Waals surface area contributed by atoms with E-state index >= 15 is 0 Å². The third kappa shape index (κ3) is 2.90. The van der Waals surface area contributed by atoms with Crippen LogP contribution in [0.2, 0.25) is 0 Å². The Balaban J connectivity index is 1.86. The predicted octanol–water partition coefficient (Wildman–Crippen LogP) is 1.67. The van der Waals surface area contributed by atoms with Crippen molar-refractivity contribution in [2.24, 2.45) is 0 Å². The number of hydrogen-bond donors (Lipinski definition) is 0. The highest BCUT2D eigenvalue weighted by Gasteiger charge is 2.23. The summed E-state index contributed by atoms with van der Waals surface area (Å²) in [5.74, 6) is 1.03. The van der Waals surface area contributed by atoms with Crippen molar-refractivity contribution in [2.45, 2.75) is 11.4 Å². The fourth-order valence-corrected chi connectivity index (χ4v) is 3.37. The second-order valence-electron chi connectivity index (χ2n) is 4.92. The number of aromatic nitrogens is 1. The van der Waals surface area contributed by atoms with Crippen LogP contribution in [0.5, 0.6) is 11.5 Å².